The van der Waals surface area contributed by atoms with Gasteiger partial charge in [0.25, 0.3) is 6.47 Å². The van der Waals surface area contributed by atoms with Gasteiger partial charge in [-0.15, -0.1) is 9.24 Å². The van der Waals surface area contributed by atoms with Crippen molar-refractivity contribution in [2.45, 2.75) is 7.43 Å². The van der Waals surface area contributed by atoms with Crippen LogP contribution in [0.5, 0.6) is 0 Å². The fourth-order valence-electron chi connectivity index (χ4n) is 0.0680. The summed E-state index contributed by atoms with van der Waals surface area (Å²) in [7, 11) is 19.5. The molecule has 0 saturated carbocycles. The van der Waals surface area contributed by atoms with E-state index in [4.69, 9.17) is 67.5 Å². The molecule has 0 saturated heterocycles. The van der Waals surface area contributed by atoms with E-state index in [1.807, 2.05) is 6.66 Å². The van der Waals surface area contributed by atoms with Crippen LogP contribution in [0.4, 0.5) is 0 Å². The van der Waals surface area contributed by atoms with Gasteiger partial charge >= 0.3 is 132 Å². The first-order valence-electron chi connectivity index (χ1n) is 13.5. The van der Waals surface area contributed by atoms with E-state index in [1.54, 1.807) is 53.3 Å². The Bertz CT molecular complexity index is 527. The quantitative estimate of drug-likeness (QED) is 0.0360. The molecule has 0 spiro atoms. The SMILES string of the molecule is C.CO.CO.CO.CP.O.O=CO[O-].OO.OP.S=S=S=S=S=S=S=S=S=S.[3HH].[3H][3H].[3H][3H].[3H][3H].[3H][3H].[3H][3H].[3H][3H].[3H][3H].[3H][3H].[3H][3H].[CH3-].[H-].[K+].[K+].[Na+].[OH-].[Y].[Y].[Y]. The van der Waals surface area contributed by atoms with Crippen LogP contribution >= 0.6 is 18.7 Å². The Labute approximate surface area is 467 Å². The van der Waals surface area contributed by atoms with Crippen LogP contribution in [-0.2, 0) is 201 Å². The van der Waals surface area contributed by atoms with E-state index in [-0.39, 0.29) is 266 Å². The number of carbonyl (C=O) groups excluding carboxylic acids is 1. The van der Waals surface area contributed by atoms with Gasteiger partial charge in [-0.05, 0) is 9.47 Å². The molecule has 0 aromatic rings. The molecule has 0 amide bonds. The van der Waals surface area contributed by atoms with Gasteiger partial charge in [0, 0.05) is 241 Å². The zero-order valence-electron chi connectivity index (χ0n) is 39.4. The van der Waals surface area contributed by atoms with Crippen LogP contribution in [0.15, 0.2) is 0 Å². The molecule has 0 aromatic heterocycles. The Hall–Kier alpha value is 9.75. The average molecular weight is 1100 g/mol. The maximum absolute atomic E-state index is 8.64. The van der Waals surface area contributed by atoms with Gasteiger partial charge in [-0.3, -0.25) is 15.3 Å². The van der Waals surface area contributed by atoms with Crippen molar-refractivity contribution in [3.8, 4) is 0 Å². The summed E-state index contributed by atoms with van der Waals surface area (Å²) in [4.78, 5) is 18.2. The van der Waals surface area contributed by atoms with Crippen LogP contribution in [0.25, 0.3) is 0 Å². The van der Waals surface area contributed by atoms with Gasteiger partial charge in [0.05, 0.1) is 0 Å². The van der Waals surface area contributed by atoms with E-state index in [1.165, 1.54) is 27.2 Å². The molecule has 11 nitrogen and oxygen atoms in total. The minimum Gasteiger partial charge on any atom is -1.00 e. The maximum Gasteiger partial charge on any atom is 1.00 e. The topological polar surface area (TPSA) is 232 Å². The predicted octanol–water partition coefficient (Wildman–Crippen LogP) is -8.82. The summed E-state index contributed by atoms with van der Waals surface area (Å²) in [6.45, 7) is 1.74. The van der Waals surface area contributed by atoms with Gasteiger partial charge < -0.3 is 50.2 Å². The maximum atomic E-state index is 8.64. The van der Waals surface area contributed by atoms with Crippen LogP contribution in [0.2, 0.25) is 0 Å². The van der Waals surface area contributed by atoms with Gasteiger partial charge in [-0.25, -0.2) is 0 Å². The van der Waals surface area contributed by atoms with E-state index in [9.17, 15) is 0 Å². The second-order valence-electron chi connectivity index (χ2n) is 0.737. The Morgan fingerprint density at radius 3 is 1.03 bits per heavy atom. The number of hydrogen-bond donors (Lipinski definition) is 6. The fourth-order valence-corrected chi connectivity index (χ4v) is 16.5. The summed E-state index contributed by atoms with van der Waals surface area (Å²) >= 11 is 9.31. The second kappa shape index (κ2) is 220. The summed E-state index contributed by atoms with van der Waals surface area (Å²) < 4.78 is 90.0. The molecule has 9 N–H and O–H groups in total. The molecule has 2 unspecified atom stereocenters. The van der Waals surface area contributed by atoms with Crippen molar-refractivity contribution < 1.29 is 317 Å². The number of aliphatic hydroxyl groups excluding tert-OH is 3. The number of hydrogen-bond acceptors (Lipinski definition) is 12. The van der Waals surface area contributed by atoms with Gasteiger partial charge in [0.2, 0.25) is 0 Å². The van der Waals surface area contributed by atoms with Gasteiger partial charge in [-0.2, -0.15) is 0 Å². The van der Waals surface area contributed by atoms with Gasteiger partial charge in [0.15, 0.2) is 0 Å². The minimum absolute atomic E-state index is 0. The van der Waals surface area contributed by atoms with Crippen molar-refractivity contribution in [1.82, 2.24) is 0 Å². The monoisotopic (exact) mass is 1100 g/mol. The van der Waals surface area contributed by atoms with Crippen LogP contribution in [-0.4, -0.2) is 76.1 Å². The largest absolute Gasteiger partial charge is 1.00 e. The van der Waals surface area contributed by atoms with Crippen LogP contribution in [0.3, 0.4) is 0 Å². The van der Waals surface area contributed by atoms with Gasteiger partial charge in [-0.1, -0.05) is 14.1 Å². The Morgan fingerprint density at radius 1 is 0.833 bits per heavy atom. The third kappa shape index (κ3) is 254. The molecule has 2 atom stereocenters. The summed E-state index contributed by atoms with van der Waals surface area (Å²) in [6, 6.07) is 0. The first kappa shape index (κ1) is 67.8. The van der Waals surface area contributed by atoms with Crippen molar-refractivity contribution >= 4 is 119 Å². The van der Waals surface area contributed by atoms with E-state index < -0.39 is 0 Å². The van der Waals surface area contributed by atoms with Crippen LogP contribution < -0.4 is 138 Å². The normalized spacial score (nSPS) is 5.47. The summed E-state index contributed by atoms with van der Waals surface area (Å²) in [5.41, 5.74) is 0. The zero-order valence-corrected chi connectivity index (χ0v) is 47.6. The first-order valence-corrected chi connectivity index (χ1v) is 18.2. The average Bonchev–Trinajstić information content (AvgIpc) is 3.22. The van der Waals surface area contributed by atoms with Crippen molar-refractivity contribution in [2.24, 2.45) is 0 Å². The zero-order chi connectivity index (χ0) is 41.1. The molecular weight excluding hydrogens is 1010 g/mol. The first-order chi connectivity index (χ1) is 21.8. The molecular formula is C7H54K2NaO11P2S10Y3-. The summed E-state index contributed by atoms with van der Waals surface area (Å²) in [5.74, 6) is 0. The molecule has 36 heavy (non-hydrogen) atoms. The summed E-state index contributed by atoms with van der Waals surface area (Å²) in [6.07, 6.45) is 0. The number of carbonyl (C=O) groups is 1. The molecule has 0 heterocycles. The van der Waals surface area contributed by atoms with Crippen molar-refractivity contribution in [1.29, 1.82) is 0 Å². The molecule has 0 aliphatic heterocycles. The molecule has 29 heteroatoms. The second-order valence-corrected chi connectivity index (χ2v) is 14.9. The van der Waals surface area contributed by atoms with E-state index in [0.29, 0.717) is 0 Å². The summed E-state index contributed by atoms with van der Waals surface area (Å²) in [5, 5.41) is 41.4. The number of rotatable bonds is 1. The van der Waals surface area contributed by atoms with Crippen LogP contribution in [0.1, 0.15) is 37.0 Å². The standard InChI is InChI=1S/CH2O3.3CH4O.CH5P.CH4.CH3.2K.Na.H2O2.H3OP.2H2O.S10.3Y.10H2.H/c2-1-4-3;4*1-2;;;;;;2*1-2;;;1-3-5-7-9-10-8-6-4-2;;;;;;;;;;;;;;/h1,3H;3*2H,1H3;2H2,1H3;1H4;1H3;;;;1-2H;1H,2H2;2*1H2;;;;;10*1H;/q;;;;;;-1;3*+1;;;;;;;;;;;;;;;;;;;-1/p-2/i;;;;;;;;;;;;;;;;;;9*1+2T;1+2;. The van der Waals surface area contributed by atoms with Crippen LogP contribution in [0, 0.1) is 7.43 Å². The fraction of sp³-hybridized carbons (Fsp3) is 0.714. The van der Waals surface area contributed by atoms with E-state index >= 15 is 0 Å². The third-order valence-corrected chi connectivity index (χ3v) is 15.8. The van der Waals surface area contributed by atoms with E-state index in [2.05, 4.69) is 36.5 Å². The Morgan fingerprint density at radius 2 is 0.944 bits per heavy atom. The molecule has 0 aliphatic carbocycles. The molecule has 0 fully saturated rings. The Kier molecular flexibility index (Phi) is 414. The Balaban J connectivity index is -0.00000000531. The molecule has 0 bridgehead atoms. The molecule has 231 valence electrons. The predicted molar refractivity (Wildman–Crippen MR) is 179 cm³/mol. The smallest absolute Gasteiger partial charge is 1.00 e. The molecule has 0 aliphatic rings. The molecule has 0 aromatic carbocycles. The number of aliphatic hydroxyl groups is 3. The van der Waals surface area contributed by atoms with E-state index in [0.717, 1.165) is 21.3 Å². The third-order valence-electron chi connectivity index (χ3n) is 0.234. The van der Waals surface area contributed by atoms with Crippen molar-refractivity contribution in [3.63, 3.8) is 0 Å². The van der Waals surface area contributed by atoms with Crippen molar-refractivity contribution in [2.75, 3.05) is 28.0 Å². The van der Waals surface area contributed by atoms with Gasteiger partial charge in [0.1, 0.15) is 0 Å². The van der Waals surface area contributed by atoms with Crippen molar-refractivity contribution in [3.05, 3.63) is 7.43 Å². The minimum atomic E-state index is -0.181. The molecule has 0 rings (SSSR count). The molecule has 3 radical (unpaired) electrons.